The maximum absolute atomic E-state index is 12.0. The summed E-state index contributed by atoms with van der Waals surface area (Å²) >= 11 is 0. The average molecular weight is 299 g/mol. The van der Waals surface area contributed by atoms with Crippen LogP contribution in [-0.2, 0) is 14.3 Å². The van der Waals surface area contributed by atoms with Gasteiger partial charge < -0.3 is 15.2 Å². The smallest absolute Gasteiger partial charge is 0.303 e. The summed E-state index contributed by atoms with van der Waals surface area (Å²) in [6.07, 6.45) is 7.19. The SMILES string of the molecule is CCOC(C)C(=O)NC(CCC(=O)O)CC1CCCCC1. The van der Waals surface area contributed by atoms with Crippen LogP contribution in [0.4, 0.5) is 0 Å². The van der Waals surface area contributed by atoms with Crippen LogP contribution in [0.2, 0.25) is 0 Å². The Kier molecular flexibility index (Phi) is 8.35. The van der Waals surface area contributed by atoms with E-state index in [9.17, 15) is 9.59 Å². The monoisotopic (exact) mass is 299 g/mol. The highest BCUT2D eigenvalue weighted by molar-refractivity contribution is 5.80. The van der Waals surface area contributed by atoms with Crippen molar-refractivity contribution in [1.29, 1.82) is 0 Å². The quantitative estimate of drug-likeness (QED) is 0.686. The van der Waals surface area contributed by atoms with E-state index in [4.69, 9.17) is 9.84 Å². The summed E-state index contributed by atoms with van der Waals surface area (Å²) in [6, 6.07) is -0.0559. The molecule has 0 heterocycles. The molecule has 0 spiro atoms. The van der Waals surface area contributed by atoms with E-state index in [0.29, 0.717) is 18.9 Å². The number of amides is 1. The molecule has 1 saturated carbocycles. The molecule has 1 aliphatic carbocycles. The van der Waals surface area contributed by atoms with Crippen molar-refractivity contribution in [3.8, 4) is 0 Å². The van der Waals surface area contributed by atoms with Gasteiger partial charge in [-0.25, -0.2) is 0 Å². The number of nitrogens with one attached hydrogen (secondary N) is 1. The molecule has 21 heavy (non-hydrogen) atoms. The summed E-state index contributed by atoms with van der Waals surface area (Å²) in [4.78, 5) is 22.8. The van der Waals surface area contributed by atoms with Crippen molar-refractivity contribution >= 4 is 11.9 Å². The van der Waals surface area contributed by atoms with Gasteiger partial charge in [0.25, 0.3) is 0 Å². The third-order valence-electron chi connectivity index (χ3n) is 4.18. The highest BCUT2D eigenvalue weighted by Gasteiger charge is 2.23. The number of hydrogen-bond acceptors (Lipinski definition) is 3. The third-order valence-corrected chi connectivity index (χ3v) is 4.18. The van der Waals surface area contributed by atoms with Crippen molar-refractivity contribution in [2.75, 3.05) is 6.61 Å². The molecule has 1 amide bonds. The van der Waals surface area contributed by atoms with E-state index in [1.165, 1.54) is 32.1 Å². The average Bonchev–Trinajstić information content (AvgIpc) is 2.46. The predicted molar refractivity (Wildman–Crippen MR) is 81.1 cm³/mol. The lowest BCUT2D eigenvalue weighted by Gasteiger charge is -2.27. The first-order chi connectivity index (χ1) is 10.0. The Morgan fingerprint density at radius 1 is 1.29 bits per heavy atom. The van der Waals surface area contributed by atoms with E-state index in [1.54, 1.807) is 6.92 Å². The van der Waals surface area contributed by atoms with Gasteiger partial charge >= 0.3 is 5.97 Å². The molecule has 2 unspecified atom stereocenters. The van der Waals surface area contributed by atoms with Crippen LogP contribution in [0.3, 0.4) is 0 Å². The molecule has 0 aromatic heterocycles. The van der Waals surface area contributed by atoms with Gasteiger partial charge in [-0.15, -0.1) is 0 Å². The van der Waals surface area contributed by atoms with Crippen molar-refractivity contribution in [3.63, 3.8) is 0 Å². The molecular weight excluding hydrogens is 270 g/mol. The van der Waals surface area contributed by atoms with Crippen LogP contribution in [0.5, 0.6) is 0 Å². The molecule has 0 bridgehead atoms. The molecule has 0 aliphatic heterocycles. The van der Waals surface area contributed by atoms with Gasteiger partial charge in [0.05, 0.1) is 0 Å². The first kappa shape index (κ1) is 18.0. The van der Waals surface area contributed by atoms with Crippen molar-refractivity contribution in [1.82, 2.24) is 5.32 Å². The van der Waals surface area contributed by atoms with Gasteiger partial charge in [0.2, 0.25) is 5.91 Å². The lowest BCUT2D eigenvalue weighted by Crippen LogP contribution is -2.42. The van der Waals surface area contributed by atoms with E-state index in [1.807, 2.05) is 6.92 Å². The summed E-state index contributed by atoms with van der Waals surface area (Å²) in [5, 5.41) is 11.8. The molecular formula is C16H29NO4. The molecule has 2 atom stereocenters. The van der Waals surface area contributed by atoms with Gasteiger partial charge in [0.15, 0.2) is 0 Å². The van der Waals surface area contributed by atoms with Gasteiger partial charge in [-0.3, -0.25) is 9.59 Å². The Hall–Kier alpha value is -1.10. The number of hydrogen-bond donors (Lipinski definition) is 2. The summed E-state index contributed by atoms with van der Waals surface area (Å²) < 4.78 is 5.29. The molecule has 0 radical (unpaired) electrons. The molecule has 1 aliphatic rings. The molecule has 5 heteroatoms. The van der Waals surface area contributed by atoms with E-state index in [0.717, 1.165) is 6.42 Å². The standard InChI is InChI=1S/C16H29NO4/c1-3-21-12(2)16(20)17-14(9-10-15(18)19)11-13-7-5-4-6-8-13/h12-14H,3-11H2,1-2H3,(H,17,20)(H,18,19). The Morgan fingerprint density at radius 3 is 2.52 bits per heavy atom. The molecule has 1 rings (SSSR count). The van der Waals surface area contributed by atoms with Gasteiger partial charge in [0.1, 0.15) is 6.10 Å². The molecule has 5 nitrogen and oxygen atoms in total. The summed E-state index contributed by atoms with van der Waals surface area (Å²) in [5.74, 6) is -0.334. The van der Waals surface area contributed by atoms with Crippen LogP contribution >= 0.6 is 0 Å². The van der Waals surface area contributed by atoms with Crippen LogP contribution in [0.15, 0.2) is 0 Å². The van der Waals surface area contributed by atoms with Gasteiger partial charge in [-0.2, -0.15) is 0 Å². The Bertz CT molecular complexity index is 326. The highest BCUT2D eigenvalue weighted by Crippen LogP contribution is 2.28. The number of carbonyl (C=O) groups is 2. The molecule has 122 valence electrons. The number of ether oxygens (including phenoxy) is 1. The second-order valence-electron chi connectivity index (χ2n) is 5.98. The molecule has 0 saturated heterocycles. The second kappa shape index (κ2) is 9.77. The maximum atomic E-state index is 12.0. The number of carboxylic acids is 1. The Balaban J connectivity index is 2.49. The summed E-state index contributed by atoms with van der Waals surface area (Å²) in [5.41, 5.74) is 0. The Morgan fingerprint density at radius 2 is 1.95 bits per heavy atom. The summed E-state index contributed by atoms with van der Waals surface area (Å²) in [7, 11) is 0. The molecule has 0 aromatic carbocycles. The normalized spacial score (nSPS) is 19.0. The summed E-state index contributed by atoms with van der Waals surface area (Å²) in [6.45, 7) is 4.08. The fourth-order valence-corrected chi connectivity index (χ4v) is 3.02. The van der Waals surface area contributed by atoms with Gasteiger partial charge in [0, 0.05) is 19.1 Å². The van der Waals surface area contributed by atoms with Crippen molar-refractivity contribution in [2.24, 2.45) is 5.92 Å². The van der Waals surface area contributed by atoms with Crippen molar-refractivity contribution in [2.45, 2.75) is 77.4 Å². The minimum absolute atomic E-state index is 0.0559. The van der Waals surface area contributed by atoms with Gasteiger partial charge in [-0.1, -0.05) is 32.1 Å². The van der Waals surface area contributed by atoms with Crippen LogP contribution in [0, 0.1) is 5.92 Å². The van der Waals surface area contributed by atoms with Crippen molar-refractivity contribution < 1.29 is 19.4 Å². The zero-order valence-electron chi connectivity index (χ0n) is 13.3. The second-order valence-corrected chi connectivity index (χ2v) is 5.98. The van der Waals surface area contributed by atoms with E-state index in [2.05, 4.69) is 5.32 Å². The van der Waals surface area contributed by atoms with E-state index < -0.39 is 12.1 Å². The zero-order chi connectivity index (χ0) is 15.7. The molecule has 2 N–H and O–H groups in total. The maximum Gasteiger partial charge on any atom is 0.303 e. The van der Waals surface area contributed by atoms with Crippen molar-refractivity contribution in [3.05, 3.63) is 0 Å². The fourth-order valence-electron chi connectivity index (χ4n) is 3.02. The molecule has 0 aromatic rings. The zero-order valence-corrected chi connectivity index (χ0v) is 13.3. The predicted octanol–water partition coefficient (Wildman–Crippen LogP) is 2.73. The van der Waals surface area contributed by atoms with E-state index in [-0.39, 0.29) is 18.4 Å². The van der Waals surface area contributed by atoms with E-state index >= 15 is 0 Å². The lowest BCUT2D eigenvalue weighted by molar-refractivity contribution is -0.138. The molecule has 1 fully saturated rings. The minimum Gasteiger partial charge on any atom is -0.481 e. The third kappa shape index (κ3) is 7.46. The highest BCUT2D eigenvalue weighted by atomic mass is 16.5. The lowest BCUT2D eigenvalue weighted by atomic mass is 9.84. The van der Waals surface area contributed by atoms with Crippen LogP contribution in [-0.4, -0.2) is 35.7 Å². The number of carbonyl (C=O) groups excluding carboxylic acids is 1. The number of rotatable bonds is 9. The number of aliphatic carboxylic acids is 1. The van der Waals surface area contributed by atoms with Crippen LogP contribution < -0.4 is 5.32 Å². The van der Waals surface area contributed by atoms with Crippen LogP contribution in [0.1, 0.15) is 65.2 Å². The number of carboxylic acid groups (broad SMARTS) is 1. The first-order valence-corrected chi connectivity index (χ1v) is 8.16. The fraction of sp³-hybridized carbons (Fsp3) is 0.875. The van der Waals surface area contributed by atoms with Gasteiger partial charge in [-0.05, 0) is 32.6 Å². The van der Waals surface area contributed by atoms with Crippen LogP contribution in [0.25, 0.3) is 0 Å². The first-order valence-electron chi connectivity index (χ1n) is 8.16. The minimum atomic E-state index is -0.809. The topological polar surface area (TPSA) is 75.6 Å². The Labute approximate surface area is 127 Å². The largest absolute Gasteiger partial charge is 0.481 e.